The fourth-order valence-corrected chi connectivity index (χ4v) is 9.78. The molecule has 3 heterocycles. The average molecular weight is 794 g/mol. The summed E-state index contributed by atoms with van der Waals surface area (Å²) in [5.74, 6) is 0.274. The number of hydrogen-bond acceptors (Lipinski definition) is 7. The van der Waals surface area contributed by atoms with Gasteiger partial charge in [0.2, 0.25) is 5.91 Å². The predicted octanol–water partition coefficient (Wildman–Crippen LogP) is 7.66. The van der Waals surface area contributed by atoms with Crippen LogP contribution in [0.2, 0.25) is 0 Å². The van der Waals surface area contributed by atoms with Crippen molar-refractivity contribution in [3.8, 4) is 11.5 Å². The quantitative estimate of drug-likeness (QED) is 0.141. The number of hydrogen-bond donors (Lipinski definition) is 2. The number of anilines is 2. The molecule has 1 fully saturated rings. The molecule has 0 bridgehead atoms. The maximum atomic E-state index is 15.3. The Balaban J connectivity index is 1.10. The molecule has 8 rings (SSSR count). The lowest BCUT2D eigenvalue weighted by atomic mass is 9.63. The number of amides is 3. The Kier molecular flexibility index (Phi) is 10.8. The Morgan fingerprint density at radius 1 is 0.847 bits per heavy atom. The van der Waals surface area contributed by atoms with Gasteiger partial charge < -0.3 is 34.4 Å². The summed E-state index contributed by atoms with van der Waals surface area (Å²) < 4.78 is 17.9. The van der Waals surface area contributed by atoms with Gasteiger partial charge >= 0.3 is 0 Å². The van der Waals surface area contributed by atoms with Crippen LogP contribution in [0.15, 0.2) is 121 Å². The third kappa shape index (κ3) is 7.14. The first kappa shape index (κ1) is 39.8. The van der Waals surface area contributed by atoms with Gasteiger partial charge in [0.25, 0.3) is 11.8 Å². The number of rotatable bonds is 11. The third-order valence-electron chi connectivity index (χ3n) is 12.9. The van der Waals surface area contributed by atoms with E-state index < -0.39 is 17.1 Å². The topological polar surface area (TPSA) is 118 Å². The van der Waals surface area contributed by atoms with Crippen molar-refractivity contribution in [2.45, 2.75) is 69.9 Å². The molecular formula is C49H51N3O7. The summed E-state index contributed by atoms with van der Waals surface area (Å²) >= 11 is 0. The van der Waals surface area contributed by atoms with E-state index >= 15 is 4.79 Å². The Morgan fingerprint density at radius 2 is 1.47 bits per heavy atom. The molecule has 304 valence electrons. The number of benzene rings is 5. The van der Waals surface area contributed by atoms with Gasteiger partial charge in [-0.05, 0) is 88.7 Å². The first-order chi connectivity index (χ1) is 28.5. The van der Waals surface area contributed by atoms with Crippen LogP contribution in [0, 0.1) is 11.8 Å². The number of fused-ring (bicyclic) bond motifs is 3. The molecule has 1 saturated heterocycles. The highest BCUT2D eigenvalue weighted by Gasteiger charge is 2.66. The van der Waals surface area contributed by atoms with Crippen molar-refractivity contribution in [2.24, 2.45) is 11.8 Å². The summed E-state index contributed by atoms with van der Waals surface area (Å²) in [6, 6.07) is 37.9. The van der Waals surface area contributed by atoms with Gasteiger partial charge in [-0.25, -0.2) is 0 Å². The Bertz CT molecular complexity index is 2340. The van der Waals surface area contributed by atoms with E-state index in [9.17, 15) is 14.7 Å². The second-order valence-corrected chi connectivity index (χ2v) is 16.5. The summed E-state index contributed by atoms with van der Waals surface area (Å²) in [5.41, 5.74) is 4.92. The Hall–Kier alpha value is -5.97. The van der Waals surface area contributed by atoms with Gasteiger partial charge in [-0.3, -0.25) is 14.4 Å². The second kappa shape index (κ2) is 16.0. The number of nitrogens with zero attached hydrogens (tertiary/aromatic N) is 2. The summed E-state index contributed by atoms with van der Waals surface area (Å²) in [6.45, 7) is 6.96. The van der Waals surface area contributed by atoms with Crippen molar-refractivity contribution in [1.82, 2.24) is 4.90 Å². The molecule has 0 saturated carbocycles. The summed E-state index contributed by atoms with van der Waals surface area (Å²) in [6.07, 6.45) is -0.00700. The van der Waals surface area contributed by atoms with Crippen molar-refractivity contribution < 1.29 is 33.7 Å². The highest BCUT2D eigenvalue weighted by Crippen LogP contribution is 2.60. The summed E-state index contributed by atoms with van der Waals surface area (Å²) in [5, 5.41) is 13.4. The molecule has 3 aliphatic rings. The lowest BCUT2D eigenvalue weighted by Crippen LogP contribution is -2.48. The second-order valence-electron chi connectivity index (χ2n) is 16.5. The average Bonchev–Trinajstić information content (AvgIpc) is 3.69. The molecule has 5 aromatic rings. The number of ether oxygens (including phenoxy) is 3. The van der Waals surface area contributed by atoms with E-state index in [1.807, 2.05) is 78.9 Å². The largest absolute Gasteiger partial charge is 0.497 e. The molecule has 3 aliphatic heterocycles. The van der Waals surface area contributed by atoms with Crippen molar-refractivity contribution in [1.29, 1.82) is 0 Å². The molecule has 2 N–H and O–H groups in total. The summed E-state index contributed by atoms with van der Waals surface area (Å²) in [7, 11) is 3.22. The molecule has 0 aliphatic carbocycles. The molecule has 10 heteroatoms. The van der Waals surface area contributed by atoms with Crippen LogP contribution in [0.4, 0.5) is 11.4 Å². The van der Waals surface area contributed by atoms with Crippen LogP contribution >= 0.6 is 0 Å². The first-order valence-corrected chi connectivity index (χ1v) is 20.2. The lowest BCUT2D eigenvalue weighted by Gasteiger charge is -2.40. The van der Waals surface area contributed by atoms with Gasteiger partial charge in [-0.2, -0.15) is 0 Å². The fourth-order valence-electron chi connectivity index (χ4n) is 9.78. The van der Waals surface area contributed by atoms with E-state index in [2.05, 4.69) is 44.3 Å². The van der Waals surface area contributed by atoms with Crippen molar-refractivity contribution in [2.75, 3.05) is 31.0 Å². The van der Waals surface area contributed by atoms with E-state index in [1.165, 1.54) is 0 Å². The molecule has 0 aromatic heterocycles. The van der Waals surface area contributed by atoms with Crippen molar-refractivity contribution >= 4 is 29.1 Å². The van der Waals surface area contributed by atoms with Crippen molar-refractivity contribution in [3.05, 3.63) is 155 Å². The van der Waals surface area contributed by atoms with Crippen LogP contribution in [0.25, 0.3) is 0 Å². The molecule has 1 spiro atoms. The number of carbonyl (C=O) groups excluding carboxylic acids is 3. The molecule has 10 nitrogen and oxygen atoms in total. The van der Waals surface area contributed by atoms with Gasteiger partial charge in [0, 0.05) is 35.2 Å². The summed E-state index contributed by atoms with van der Waals surface area (Å²) in [4.78, 5) is 46.4. The minimum Gasteiger partial charge on any atom is -0.497 e. The monoisotopic (exact) mass is 793 g/mol. The van der Waals surface area contributed by atoms with Gasteiger partial charge in [0.1, 0.15) is 11.5 Å². The van der Waals surface area contributed by atoms with Crippen LogP contribution in [0.1, 0.15) is 65.4 Å². The molecule has 0 unspecified atom stereocenters. The van der Waals surface area contributed by atoms with Crippen LogP contribution in [0.5, 0.6) is 11.5 Å². The van der Waals surface area contributed by atoms with Gasteiger partial charge in [0.05, 0.1) is 51.6 Å². The number of para-hydroxylation sites is 1. The van der Waals surface area contributed by atoms with E-state index in [0.717, 1.165) is 39.3 Å². The van der Waals surface area contributed by atoms with Gasteiger partial charge in [-0.1, -0.05) is 87.5 Å². The number of nitrogens with one attached hydrogen (secondary N) is 1. The first-order valence-electron chi connectivity index (χ1n) is 20.2. The molecule has 0 radical (unpaired) electrons. The normalized spacial score (nSPS) is 22.2. The lowest BCUT2D eigenvalue weighted by molar-refractivity contribution is -0.151. The number of aliphatic hydroxyl groups is 1. The molecule has 3 amide bonds. The molecule has 5 aromatic carbocycles. The van der Waals surface area contributed by atoms with Crippen LogP contribution in [0.3, 0.4) is 0 Å². The standard InChI is InChI=1S/C49H51N3O7/c1-31-45(48(2,3)36-18-24-40(58-5)25-19-36)43(27-44(54)51-29-35-11-7-6-10-34(35)26-38(51)30-53)59-49(31)41-12-8-9-13-42(41)52(47(49)56)28-32-14-20-37(21-15-32)50-46(55)33-16-22-39(57-4)23-17-33/h6-25,31,38,43,45,53H,26-30H2,1-5H3,(H,50,55)/t31-,38-,43+,45-,49+/m0/s1. The zero-order chi connectivity index (χ0) is 41.5. The van der Waals surface area contributed by atoms with E-state index in [4.69, 9.17) is 14.2 Å². The van der Waals surface area contributed by atoms with Crippen LogP contribution in [-0.2, 0) is 44.9 Å². The van der Waals surface area contributed by atoms with Crippen molar-refractivity contribution in [3.63, 3.8) is 0 Å². The third-order valence-corrected chi connectivity index (χ3v) is 12.9. The van der Waals surface area contributed by atoms with Crippen LogP contribution < -0.4 is 19.7 Å². The molecular weight excluding hydrogens is 743 g/mol. The Labute approximate surface area is 345 Å². The highest BCUT2D eigenvalue weighted by atomic mass is 16.5. The van der Waals surface area contributed by atoms with Gasteiger partial charge in [0.15, 0.2) is 5.60 Å². The smallest absolute Gasteiger partial charge is 0.264 e. The van der Waals surface area contributed by atoms with E-state index in [0.29, 0.717) is 30.0 Å². The zero-order valence-corrected chi connectivity index (χ0v) is 34.2. The SMILES string of the molecule is COc1ccc(C(=O)Nc2ccc(CN3C(=O)[C@]4(O[C@H](CC(=O)N5Cc6ccccc6C[C@H]5CO)[C@@H](C(C)(C)c5ccc(OC)cc5)[C@@H]4C)c4ccccc43)cc2)cc1. The fraction of sp³-hybridized carbons (Fsp3) is 0.327. The zero-order valence-electron chi connectivity index (χ0n) is 34.2. The maximum absolute atomic E-state index is 15.3. The minimum absolute atomic E-state index is 0.0498. The molecule has 5 atom stereocenters. The number of methoxy groups -OCH3 is 2. The van der Waals surface area contributed by atoms with Gasteiger partial charge in [-0.15, -0.1) is 0 Å². The van der Waals surface area contributed by atoms with E-state index in [-0.39, 0.29) is 55.2 Å². The van der Waals surface area contributed by atoms with E-state index in [1.54, 1.807) is 48.3 Å². The predicted molar refractivity (Wildman–Crippen MR) is 226 cm³/mol. The number of carbonyl (C=O) groups is 3. The minimum atomic E-state index is -1.35. The van der Waals surface area contributed by atoms with Crippen LogP contribution in [-0.4, -0.2) is 60.7 Å². The molecule has 59 heavy (non-hydrogen) atoms. The maximum Gasteiger partial charge on any atom is 0.264 e. The highest BCUT2D eigenvalue weighted by molar-refractivity contribution is 6.07. The Morgan fingerprint density at radius 3 is 2.14 bits per heavy atom. The number of aliphatic hydroxyl groups excluding tert-OH is 1.